The van der Waals surface area contributed by atoms with Crippen LogP contribution in [0.2, 0.25) is 0 Å². The van der Waals surface area contributed by atoms with Crippen molar-refractivity contribution in [2.24, 2.45) is 0 Å². The molecule has 0 atom stereocenters. The van der Waals surface area contributed by atoms with Crippen molar-refractivity contribution in [1.82, 2.24) is 20.5 Å². The van der Waals surface area contributed by atoms with Crippen LogP contribution in [-0.2, 0) is 6.42 Å². The first-order valence-electron chi connectivity index (χ1n) is 6.51. The first-order chi connectivity index (χ1) is 8.29. The molecule has 1 amide bonds. The van der Waals surface area contributed by atoms with Crippen LogP contribution in [0.5, 0.6) is 0 Å². The van der Waals surface area contributed by atoms with Gasteiger partial charge >= 0.3 is 0 Å². The van der Waals surface area contributed by atoms with E-state index in [-0.39, 0.29) is 11.7 Å². The molecule has 2 N–H and O–H groups in total. The summed E-state index contributed by atoms with van der Waals surface area (Å²) in [5, 5.41) is 9.72. The Balaban J connectivity index is 1.91. The summed E-state index contributed by atoms with van der Waals surface area (Å²) in [6, 6.07) is 0.300. The summed E-state index contributed by atoms with van der Waals surface area (Å²) in [6.07, 6.45) is 7.91. The molecule has 5 nitrogen and oxygen atoms in total. The summed E-state index contributed by atoms with van der Waals surface area (Å²) in [7, 11) is 0. The monoisotopic (exact) mass is 236 g/mol. The van der Waals surface area contributed by atoms with Gasteiger partial charge in [-0.15, -0.1) is 5.10 Å². The van der Waals surface area contributed by atoms with Gasteiger partial charge in [-0.2, -0.15) is 0 Å². The van der Waals surface area contributed by atoms with E-state index in [0.29, 0.717) is 6.04 Å². The Hall–Kier alpha value is -1.39. The number of aromatic nitrogens is 3. The molecule has 1 fully saturated rings. The highest BCUT2D eigenvalue weighted by molar-refractivity contribution is 5.90. The minimum absolute atomic E-state index is 0.146. The van der Waals surface area contributed by atoms with Crippen molar-refractivity contribution in [1.29, 1.82) is 0 Å². The summed E-state index contributed by atoms with van der Waals surface area (Å²) in [5.41, 5.74) is 0. The fraction of sp³-hybridized carbons (Fsp3) is 0.750. The largest absolute Gasteiger partial charge is 0.347 e. The lowest BCUT2D eigenvalue weighted by molar-refractivity contribution is 0.0923. The third-order valence-electron chi connectivity index (χ3n) is 3.26. The second-order valence-corrected chi connectivity index (χ2v) is 4.62. The van der Waals surface area contributed by atoms with Crippen LogP contribution >= 0.6 is 0 Å². The second-order valence-electron chi connectivity index (χ2n) is 4.62. The number of aromatic amines is 1. The van der Waals surface area contributed by atoms with Crippen LogP contribution in [-0.4, -0.2) is 27.1 Å². The van der Waals surface area contributed by atoms with Crippen LogP contribution in [0.4, 0.5) is 0 Å². The number of rotatable bonds is 3. The Bertz CT molecular complexity index is 366. The molecule has 0 aliphatic heterocycles. The molecule has 94 valence electrons. The van der Waals surface area contributed by atoms with E-state index >= 15 is 0 Å². The fourth-order valence-corrected chi connectivity index (χ4v) is 2.23. The van der Waals surface area contributed by atoms with E-state index in [1.807, 2.05) is 6.92 Å². The molecule has 1 aromatic rings. The molecule has 0 radical (unpaired) electrons. The molecule has 1 heterocycles. The smallest absolute Gasteiger partial charge is 0.291 e. The van der Waals surface area contributed by atoms with Gasteiger partial charge in [0, 0.05) is 12.5 Å². The maximum Gasteiger partial charge on any atom is 0.291 e. The molecule has 0 unspecified atom stereocenters. The predicted octanol–water partition coefficient (Wildman–Crippen LogP) is 1.82. The molecule has 1 saturated carbocycles. The maximum absolute atomic E-state index is 11.9. The lowest BCUT2D eigenvalue weighted by Crippen LogP contribution is -2.35. The number of carbonyl (C=O) groups excluding carboxylic acids is 1. The van der Waals surface area contributed by atoms with Crippen molar-refractivity contribution in [3.8, 4) is 0 Å². The van der Waals surface area contributed by atoms with Gasteiger partial charge in [0.05, 0.1) is 0 Å². The number of hydrogen-bond donors (Lipinski definition) is 2. The molecule has 0 bridgehead atoms. The first kappa shape index (κ1) is 12.1. The SMILES string of the molecule is CCc1nc(C(=O)NC2CCCCCC2)n[nH]1. The number of aryl methyl sites for hydroxylation is 1. The molecule has 1 aliphatic carbocycles. The van der Waals surface area contributed by atoms with Crippen molar-refractivity contribution in [3.63, 3.8) is 0 Å². The molecule has 1 aliphatic rings. The van der Waals surface area contributed by atoms with E-state index in [0.717, 1.165) is 25.1 Å². The summed E-state index contributed by atoms with van der Waals surface area (Å²) in [6.45, 7) is 1.98. The number of nitrogens with zero attached hydrogens (tertiary/aromatic N) is 2. The van der Waals surface area contributed by atoms with E-state index < -0.39 is 0 Å². The van der Waals surface area contributed by atoms with Gasteiger partial charge in [0.15, 0.2) is 0 Å². The standard InChI is InChI=1S/C12H20N4O/c1-2-10-14-11(16-15-10)12(17)13-9-7-5-3-4-6-8-9/h9H,2-8H2,1H3,(H,13,17)(H,14,15,16). The topological polar surface area (TPSA) is 70.7 Å². The lowest BCUT2D eigenvalue weighted by atomic mass is 10.1. The Morgan fingerprint density at radius 2 is 2.06 bits per heavy atom. The molecule has 0 aromatic carbocycles. The van der Waals surface area contributed by atoms with E-state index in [9.17, 15) is 4.79 Å². The fourth-order valence-electron chi connectivity index (χ4n) is 2.23. The van der Waals surface area contributed by atoms with Gasteiger partial charge in [0.1, 0.15) is 5.82 Å². The van der Waals surface area contributed by atoms with Gasteiger partial charge in [-0.3, -0.25) is 9.89 Å². The average Bonchev–Trinajstić information content (AvgIpc) is 2.68. The normalized spacial score (nSPS) is 17.7. The molecular formula is C12H20N4O. The predicted molar refractivity (Wildman–Crippen MR) is 64.7 cm³/mol. The van der Waals surface area contributed by atoms with Gasteiger partial charge in [0.2, 0.25) is 5.82 Å². The van der Waals surface area contributed by atoms with Crippen molar-refractivity contribution >= 4 is 5.91 Å². The lowest BCUT2D eigenvalue weighted by Gasteiger charge is -2.14. The molecular weight excluding hydrogens is 216 g/mol. The van der Waals surface area contributed by atoms with E-state index in [1.165, 1.54) is 25.7 Å². The van der Waals surface area contributed by atoms with Crippen LogP contribution in [0, 0.1) is 0 Å². The van der Waals surface area contributed by atoms with Gasteiger partial charge < -0.3 is 5.32 Å². The molecule has 1 aromatic heterocycles. The van der Waals surface area contributed by atoms with Gasteiger partial charge in [0.25, 0.3) is 5.91 Å². The second kappa shape index (κ2) is 5.80. The highest BCUT2D eigenvalue weighted by Gasteiger charge is 2.18. The summed E-state index contributed by atoms with van der Waals surface area (Å²) in [5.74, 6) is 0.884. The quantitative estimate of drug-likeness (QED) is 0.786. The maximum atomic E-state index is 11.9. The summed E-state index contributed by atoms with van der Waals surface area (Å²) in [4.78, 5) is 16.0. The molecule has 5 heteroatoms. The zero-order valence-electron chi connectivity index (χ0n) is 10.3. The Morgan fingerprint density at radius 1 is 1.35 bits per heavy atom. The minimum Gasteiger partial charge on any atom is -0.347 e. The van der Waals surface area contributed by atoms with Crippen LogP contribution < -0.4 is 5.32 Å². The Kier molecular flexibility index (Phi) is 4.12. The van der Waals surface area contributed by atoms with E-state index in [4.69, 9.17) is 0 Å². The van der Waals surface area contributed by atoms with Gasteiger partial charge in [-0.1, -0.05) is 32.6 Å². The Morgan fingerprint density at radius 3 is 2.65 bits per heavy atom. The molecule has 0 saturated heterocycles. The molecule has 2 rings (SSSR count). The number of carbonyl (C=O) groups is 1. The average molecular weight is 236 g/mol. The van der Waals surface area contributed by atoms with Gasteiger partial charge in [-0.05, 0) is 12.8 Å². The number of amides is 1. The van der Waals surface area contributed by atoms with Crippen molar-refractivity contribution in [3.05, 3.63) is 11.6 Å². The number of hydrogen-bond acceptors (Lipinski definition) is 3. The van der Waals surface area contributed by atoms with Crippen LogP contribution in [0.25, 0.3) is 0 Å². The van der Waals surface area contributed by atoms with Crippen LogP contribution in [0.1, 0.15) is 61.9 Å². The number of H-pyrrole nitrogens is 1. The highest BCUT2D eigenvalue weighted by atomic mass is 16.2. The third kappa shape index (κ3) is 3.28. The van der Waals surface area contributed by atoms with Gasteiger partial charge in [-0.25, -0.2) is 4.98 Å². The molecule has 0 spiro atoms. The Labute approximate surface area is 101 Å². The first-order valence-corrected chi connectivity index (χ1v) is 6.51. The number of nitrogens with one attached hydrogen (secondary N) is 2. The van der Waals surface area contributed by atoms with Crippen molar-refractivity contribution < 1.29 is 4.79 Å². The highest BCUT2D eigenvalue weighted by Crippen LogP contribution is 2.17. The molecule has 17 heavy (non-hydrogen) atoms. The van der Waals surface area contributed by atoms with Crippen molar-refractivity contribution in [2.45, 2.75) is 57.9 Å². The van der Waals surface area contributed by atoms with Crippen molar-refractivity contribution in [2.75, 3.05) is 0 Å². The zero-order valence-corrected chi connectivity index (χ0v) is 10.3. The minimum atomic E-state index is -0.146. The summed E-state index contributed by atoms with van der Waals surface area (Å²) >= 11 is 0. The third-order valence-corrected chi connectivity index (χ3v) is 3.26. The van der Waals surface area contributed by atoms with E-state index in [2.05, 4.69) is 20.5 Å². The summed E-state index contributed by atoms with van der Waals surface area (Å²) < 4.78 is 0. The van der Waals surface area contributed by atoms with Crippen LogP contribution in [0.15, 0.2) is 0 Å². The van der Waals surface area contributed by atoms with Crippen LogP contribution in [0.3, 0.4) is 0 Å². The van der Waals surface area contributed by atoms with E-state index in [1.54, 1.807) is 0 Å². The zero-order chi connectivity index (χ0) is 12.1.